The van der Waals surface area contributed by atoms with Crippen LogP contribution in [0.15, 0.2) is 0 Å². The molecule has 1 saturated heterocycles. The zero-order valence-corrected chi connectivity index (χ0v) is 5.04. The van der Waals surface area contributed by atoms with Crippen LogP contribution in [0.3, 0.4) is 0 Å². The van der Waals surface area contributed by atoms with Crippen LogP contribution in [0.4, 0.5) is 0 Å². The molecular formula is C5H12N2O. The molecule has 1 fully saturated rings. The first-order valence-corrected chi connectivity index (χ1v) is 2.82. The van der Waals surface area contributed by atoms with Crippen molar-refractivity contribution in [3.63, 3.8) is 0 Å². The molecule has 1 heterocycles. The van der Waals surface area contributed by atoms with E-state index in [1.54, 1.807) is 0 Å². The normalized spacial score (nSPS) is 40.9. The molecule has 3 heteroatoms. The van der Waals surface area contributed by atoms with E-state index in [2.05, 4.69) is 0 Å². The summed E-state index contributed by atoms with van der Waals surface area (Å²) in [7, 11) is 1.95. The minimum absolute atomic E-state index is 0.0278. The molecule has 0 amide bonds. The molecule has 2 unspecified atom stereocenters. The van der Waals surface area contributed by atoms with E-state index in [1.165, 1.54) is 0 Å². The van der Waals surface area contributed by atoms with Crippen molar-refractivity contribution in [3.05, 3.63) is 0 Å². The molecule has 0 saturated carbocycles. The van der Waals surface area contributed by atoms with Gasteiger partial charge in [-0.2, -0.15) is 0 Å². The average molecular weight is 116 g/mol. The summed E-state index contributed by atoms with van der Waals surface area (Å²) in [5.74, 6) is 0. The molecule has 1 rings (SSSR count). The van der Waals surface area contributed by atoms with Crippen LogP contribution in [0, 0.1) is 0 Å². The molecule has 48 valence electrons. The van der Waals surface area contributed by atoms with E-state index in [1.807, 2.05) is 11.9 Å². The first kappa shape index (κ1) is 6.01. The van der Waals surface area contributed by atoms with Gasteiger partial charge >= 0.3 is 0 Å². The van der Waals surface area contributed by atoms with Gasteiger partial charge in [-0.1, -0.05) is 0 Å². The van der Waals surface area contributed by atoms with Crippen molar-refractivity contribution in [1.29, 1.82) is 0 Å². The summed E-state index contributed by atoms with van der Waals surface area (Å²) in [5.41, 5.74) is 5.48. The number of likely N-dealkylation sites (N-methyl/N-ethyl adjacent to an activating group) is 1. The average Bonchev–Trinajstić information content (AvgIpc) is 1.85. The third kappa shape index (κ3) is 0.992. The number of hydrogen-bond donors (Lipinski definition) is 2. The van der Waals surface area contributed by atoms with Gasteiger partial charge < -0.3 is 15.7 Å². The van der Waals surface area contributed by atoms with Crippen molar-refractivity contribution in [3.8, 4) is 0 Å². The Labute approximate surface area is 49.1 Å². The molecule has 0 aliphatic carbocycles. The third-order valence-corrected chi connectivity index (χ3v) is 1.52. The van der Waals surface area contributed by atoms with Gasteiger partial charge in [0, 0.05) is 19.1 Å². The van der Waals surface area contributed by atoms with Gasteiger partial charge in [0.2, 0.25) is 0 Å². The van der Waals surface area contributed by atoms with Gasteiger partial charge in [-0.15, -0.1) is 0 Å². The first-order chi connectivity index (χ1) is 3.70. The molecule has 8 heavy (non-hydrogen) atoms. The van der Waals surface area contributed by atoms with Crippen LogP contribution in [0.2, 0.25) is 0 Å². The quantitative estimate of drug-likeness (QED) is 0.410. The lowest BCUT2D eigenvalue weighted by atomic mass is 10.2. The first-order valence-electron chi connectivity index (χ1n) is 2.82. The lowest BCUT2D eigenvalue weighted by Gasteiger charge is -2.03. The van der Waals surface area contributed by atoms with Crippen molar-refractivity contribution in [2.75, 3.05) is 20.1 Å². The summed E-state index contributed by atoms with van der Waals surface area (Å²) >= 11 is 0. The molecule has 3 N–H and O–H groups in total. The predicted octanol–water partition coefficient (Wildman–Crippen LogP) is -1.38. The monoisotopic (exact) mass is 116 g/mol. The number of hydrogen-bond acceptors (Lipinski definition) is 3. The molecule has 0 radical (unpaired) electrons. The van der Waals surface area contributed by atoms with Gasteiger partial charge in [-0.25, -0.2) is 0 Å². The molecule has 3 nitrogen and oxygen atoms in total. The summed E-state index contributed by atoms with van der Waals surface area (Å²) in [6.45, 7) is 1.54. The second kappa shape index (κ2) is 2.01. The van der Waals surface area contributed by atoms with Crippen molar-refractivity contribution in [2.24, 2.45) is 5.73 Å². The van der Waals surface area contributed by atoms with E-state index in [0.29, 0.717) is 0 Å². The Hall–Kier alpha value is -0.120. The molecule has 0 spiro atoms. The van der Waals surface area contributed by atoms with Crippen molar-refractivity contribution in [1.82, 2.24) is 4.90 Å². The van der Waals surface area contributed by atoms with E-state index in [4.69, 9.17) is 10.8 Å². The van der Waals surface area contributed by atoms with Gasteiger partial charge in [0.05, 0.1) is 6.10 Å². The number of β-amino-alcohol motifs (C(OH)–C–C–N with tert-alkyl or cyclic N) is 1. The van der Waals surface area contributed by atoms with Crippen LogP contribution >= 0.6 is 0 Å². The number of nitrogens with two attached hydrogens (primary N) is 1. The zero-order valence-electron chi connectivity index (χ0n) is 5.04. The second-order valence-corrected chi connectivity index (χ2v) is 2.45. The molecule has 1 aliphatic heterocycles. The van der Waals surface area contributed by atoms with Gasteiger partial charge in [0.1, 0.15) is 0 Å². The van der Waals surface area contributed by atoms with Gasteiger partial charge in [0.25, 0.3) is 0 Å². The van der Waals surface area contributed by atoms with Crippen LogP contribution in [0.25, 0.3) is 0 Å². The highest BCUT2D eigenvalue weighted by Crippen LogP contribution is 2.03. The minimum atomic E-state index is -0.306. The minimum Gasteiger partial charge on any atom is -0.390 e. The molecule has 0 aromatic heterocycles. The maximum atomic E-state index is 9.00. The summed E-state index contributed by atoms with van der Waals surface area (Å²) in [6.07, 6.45) is -0.306. The number of nitrogens with zero attached hydrogens (tertiary/aromatic N) is 1. The van der Waals surface area contributed by atoms with E-state index in [0.717, 1.165) is 13.1 Å². The van der Waals surface area contributed by atoms with Crippen LogP contribution < -0.4 is 5.73 Å². The summed E-state index contributed by atoms with van der Waals surface area (Å²) in [4.78, 5) is 2.02. The van der Waals surface area contributed by atoms with Crippen molar-refractivity contribution < 1.29 is 5.11 Å². The molecule has 2 atom stereocenters. The second-order valence-electron chi connectivity index (χ2n) is 2.45. The topological polar surface area (TPSA) is 49.5 Å². The number of rotatable bonds is 0. The number of aliphatic hydroxyl groups is 1. The molecule has 0 aromatic rings. The lowest BCUT2D eigenvalue weighted by Crippen LogP contribution is -2.32. The van der Waals surface area contributed by atoms with Crippen LogP contribution in [-0.2, 0) is 0 Å². The van der Waals surface area contributed by atoms with Crippen LogP contribution in [0.5, 0.6) is 0 Å². The highest BCUT2D eigenvalue weighted by molar-refractivity contribution is 4.84. The molecule has 0 bridgehead atoms. The standard InChI is InChI=1S/C5H12N2O/c1-7-2-4(6)5(8)3-7/h4-5,8H,2-3,6H2,1H3. The fourth-order valence-electron chi connectivity index (χ4n) is 1.01. The highest BCUT2D eigenvalue weighted by atomic mass is 16.3. The maximum absolute atomic E-state index is 9.00. The highest BCUT2D eigenvalue weighted by Gasteiger charge is 2.24. The Morgan fingerprint density at radius 1 is 1.62 bits per heavy atom. The Kier molecular flexibility index (Phi) is 1.51. The lowest BCUT2D eigenvalue weighted by molar-refractivity contribution is 0.169. The third-order valence-electron chi connectivity index (χ3n) is 1.52. The maximum Gasteiger partial charge on any atom is 0.0830 e. The summed E-state index contributed by atoms with van der Waals surface area (Å²) < 4.78 is 0. The fraction of sp³-hybridized carbons (Fsp3) is 1.00. The van der Waals surface area contributed by atoms with E-state index < -0.39 is 0 Å². The molecule has 0 aromatic carbocycles. The SMILES string of the molecule is CN1CC(N)C(O)C1. The largest absolute Gasteiger partial charge is 0.390 e. The number of aliphatic hydroxyl groups excluding tert-OH is 1. The Morgan fingerprint density at radius 2 is 2.25 bits per heavy atom. The molecular weight excluding hydrogens is 104 g/mol. The smallest absolute Gasteiger partial charge is 0.0830 e. The van der Waals surface area contributed by atoms with E-state index >= 15 is 0 Å². The Morgan fingerprint density at radius 3 is 2.38 bits per heavy atom. The zero-order chi connectivity index (χ0) is 6.15. The van der Waals surface area contributed by atoms with Gasteiger partial charge in [0.15, 0.2) is 0 Å². The summed E-state index contributed by atoms with van der Waals surface area (Å²) in [5, 5.41) is 9.00. The molecule has 1 aliphatic rings. The van der Waals surface area contributed by atoms with Crippen LogP contribution in [0.1, 0.15) is 0 Å². The van der Waals surface area contributed by atoms with Crippen LogP contribution in [-0.4, -0.2) is 42.3 Å². The van der Waals surface area contributed by atoms with E-state index in [-0.39, 0.29) is 12.1 Å². The van der Waals surface area contributed by atoms with Gasteiger partial charge in [-0.3, -0.25) is 0 Å². The number of likely N-dealkylation sites (tertiary alicyclic amines) is 1. The van der Waals surface area contributed by atoms with Gasteiger partial charge in [-0.05, 0) is 7.05 Å². The Balaban J connectivity index is 2.39. The summed E-state index contributed by atoms with van der Waals surface area (Å²) in [6, 6.07) is -0.0278. The van der Waals surface area contributed by atoms with Crippen molar-refractivity contribution in [2.45, 2.75) is 12.1 Å². The fourth-order valence-corrected chi connectivity index (χ4v) is 1.01. The van der Waals surface area contributed by atoms with E-state index in [9.17, 15) is 0 Å². The predicted molar refractivity (Wildman–Crippen MR) is 31.5 cm³/mol. The Bertz CT molecular complexity index is 76.5. The van der Waals surface area contributed by atoms with Crippen molar-refractivity contribution >= 4 is 0 Å².